The van der Waals surface area contributed by atoms with Gasteiger partial charge in [0.25, 0.3) is 5.91 Å². The number of nitrogens with two attached hydrogens (primary N) is 1. The van der Waals surface area contributed by atoms with E-state index in [0.717, 1.165) is 38.5 Å². The van der Waals surface area contributed by atoms with Gasteiger partial charge in [-0.1, -0.05) is 0 Å². The van der Waals surface area contributed by atoms with Gasteiger partial charge in [0.05, 0.1) is 18.9 Å². The Kier molecular flexibility index (Phi) is 3.21. The van der Waals surface area contributed by atoms with E-state index in [1.807, 2.05) is 7.05 Å². The zero-order valence-electron chi connectivity index (χ0n) is 9.35. The lowest BCUT2D eigenvalue weighted by Gasteiger charge is -2.26. The van der Waals surface area contributed by atoms with Crippen LogP contribution in [0.25, 0.3) is 0 Å². The van der Waals surface area contributed by atoms with Crippen molar-refractivity contribution in [2.75, 3.05) is 26.3 Å². The molecular weight excluding hydrogens is 208 g/mol. The summed E-state index contributed by atoms with van der Waals surface area (Å²) in [6.07, 6.45) is 0. The quantitative estimate of drug-likeness (QED) is 0.740. The fourth-order valence-electron chi connectivity index (χ4n) is 1.76. The van der Waals surface area contributed by atoms with Gasteiger partial charge in [-0.2, -0.15) is 5.10 Å². The Morgan fingerprint density at radius 3 is 2.81 bits per heavy atom. The molecule has 1 fully saturated rings. The molecule has 0 spiro atoms. The second-order valence-electron chi connectivity index (χ2n) is 3.90. The van der Waals surface area contributed by atoms with Crippen LogP contribution in [-0.4, -0.2) is 46.9 Å². The molecule has 16 heavy (non-hydrogen) atoms. The number of hydrogen-bond donors (Lipinski definition) is 1. The first-order valence-electron chi connectivity index (χ1n) is 5.29. The van der Waals surface area contributed by atoms with Crippen LogP contribution in [0.1, 0.15) is 16.2 Å². The summed E-state index contributed by atoms with van der Waals surface area (Å²) in [6, 6.07) is 1.75. The van der Waals surface area contributed by atoms with Gasteiger partial charge in [-0.15, -0.1) is 0 Å². The molecule has 2 N–H and O–H groups in total. The number of morpholine rings is 1. The number of aryl methyl sites for hydroxylation is 1. The lowest BCUT2D eigenvalue weighted by molar-refractivity contribution is 0.0331. The van der Waals surface area contributed by atoms with E-state index < -0.39 is 5.91 Å². The van der Waals surface area contributed by atoms with Crippen molar-refractivity contribution < 1.29 is 9.53 Å². The van der Waals surface area contributed by atoms with Crippen molar-refractivity contribution in [2.45, 2.75) is 6.54 Å². The van der Waals surface area contributed by atoms with Crippen LogP contribution in [-0.2, 0) is 18.3 Å². The monoisotopic (exact) mass is 224 g/mol. The van der Waals surface area contributed by atoms with Crippen LogP contribution in [0.2, 0.25) is 0 Å². The van der Waals surface area contributed by atoms with Crippen molar-refractivity contribution in [1.29, 1.82) is 0 Å². The second-order valence-corrected chi connectivity index (χ2v) is 3.90. The normalized spacial score (nSPS) is 17.6. The third-order valence-electron chi connectivity index (χ3n) is 2.72. The molecule has 0 unspecified atom stereocenters. The predicted molar refractivity (Wildman–Crippen MR) is 57.8 cm³/mol. The Hall–Kier alpha value is -1.40. The predicted octanol–water partition coefficient (Wildman–Crippen LogP) is -0.649. The molecule has 0 aromatic carbocycles. The lowest BCUT2D eigenvalue weighted by Crippen LogP contribution is -2.36. The molecule has 0 radical (unpaired) electrons. The van der Waals surface area contributed by atoms with Crippen LogP contribution in [0.5, 0.6) is 0 Å². The molecule has 0 atom stereocenters. The second kappa shape index (κ2) is 4.63. The van der Waals surface area contributed by atoms with Crippen LogP contribution in [0.4, 0.5) is 0 Å². The molecular formula is C10H16N4O2. The van der Waals surface area contributed by atoms with E-state index in [-0.39, 0.29) is 0 Å². The molecule has 0 aliphatic carbocycles. The van der Waals surface area contributed by atoms with Gasteiger partial charge >= 0.3 is 0 Å². The first kappa shape index (κ1) is 11.1. The molecule has 1 amide bonds. The number of amides is 1. The highest BCUT2D eigenvalue weighted by molar-refractivity contribution is 5.90. The molecule has 0 bridgehead atoms. The number of rotatable bonds is 3. The highest BCUT2D eigenvalue weighted by atomic mass is 16.5. The summed E-state index contributed by atoms with van der Waals surface area (Å²) in [7, 11) is 1.82. The molecule has 6 nitrogen and oxygen atoms in total. The number of primary amides is 1. The number of carbonyl (C=O) groups is 1. The Bertz CT molecular complexity index is 382. The summed E-state index contributed by atoms with van der Waals surface area (Å²) < 4.78 is 6.98. The summed E-state index contributed by atoms with van der Waals surface area (Å²) >= 11 is 0. The van der Waals surface area contributed by atoms with E-state index >= 15 is 0 Å². The van der Waals surface area contributed by atoms with E-state index in [4.69, 9.17) is 10.5 Å². The van der Waals surface area contributed by atoms with Gasteiger partial charge in [0.2, 0.25) is 0 Å². The van der Waals surface area contributed by atoms with Crippen LogP contribution < -0.4 is 5.73 Å². The molecule has 1 aliphatic heterocycles. The summed E-state index contributed by atoms with van der Waals surface area (Å²) in [6.45, 7) is 4.13. The Balaban J connectivity index is 2.05. The Labute approximate surface area is 94.0 Å². The average molecular weight is 224 g/mol. The summed E-state index contributed by atoms with van der Waals surface area (Å²) in [5.74, 6) is -0.483. The van der Waals surface area contributed by atoms with Crippen molar-refractivity contribution in [3.63, 3.8) is 0 Å². The molecule has 1 aromatic rings. The first-order chi connectivity index (χ1) is 7.66. The fraction of sp³-hybridized carbons (Fsp3) is 0.600. The molecule has 6 heteroatoms. The standard InChI is InChI=1S/C10H16N4O2/c1-13-8(6-9(12-13)10(11)15)7-14-2-4-16-5-3-14/h6H,2-5,7H2,1H3,(H2,11,15). The van der Waals surface area contributed by atoms with Crippen LogP contribution in [0.3, 0.4) is 0 Å². The molecule has 1 aliphatic rings. The van der Waals surface area contributed by atoms with Crippen molar-refractivity contribution in [3.05, 3.63) is 17.5 Å². The zero-order chi connectivity index (χ0) is 11.5. The lowest BCUT2D eigenvalue weighted by atomic mass is 10.3. The first-order valence-corrected chi connectivity index (χ1v) is 5.29. The maximum Gasteiger partial charge on any atom is 0.269 e. The smallest absolute Gasteiger partial charge is 0.269 e. The number of carbonyl (C=O) groups excluding carboxylic acids is 1. The average Bonchev–Trinajstić information content (AvgIpc) is 2.62. The van der Waals surface area contributed by atoms with E-state index in [1.165, 1.54) is 0 Å². The third-order valence-corrected chi connectivity index (χ3v) is 2.72. The van der Waals surface area contributed by atoms with Gasteiger partial charge in [-0.3, -0.25) is 14.4 Å². The molecule has 1 aromatic heterocycles. The van der Waals surface area contributed by atoms with E-state index in [1.54, 1.807) is 10.7 Å². The van der Waals surface area contributed by atoms with Gasteiger partial charge in [0.1, 0.15) is 5.69 Å². The molecule has 0 saturated carbocycles. The number of hydrogen-bond acceptors (Lipinski definition) is 4. The minimum Gasteiger partial charge on any atom is -0.379 e. The maximum absolute atomic E-state index is 11.0. The minimum absolute atomic E-state index is 0.325. The van der Waals surface area contributed by atoms with Gasteiger partial charge in [0, 0.05) is 26.7 Å². The SMILES string of the molecule is Cn1nc(C(N)=O)cc1CN1CCOCC1. The topological polar surface area (TPSA) is 73.4 Å². The van der Waals surface area contributed by atoms with Crippen LogP contribution in [0, 0.1) is 0 Å². The van der Waals surface area contributed by atoms with Gasteiger partial charge < -0.3 is 10.5 Å². The van der Waals surface area contributed by atoms with Crippen molar-refractivity contribution in [1.82, 2.24) is 14.7 Å². The summed E-state index contributed by atoms with van der Waals surface area (Å²) in [4.78, 5) is 13.2. The van der Waals surface area contributed by atoms with Crippen LogP contribution >= 0.6 is 0 Å². The zero-order valence-corrected chi connectivity index (χ0v) is 9.35. The molecule has 1 saturated heterocycles. The number of ether oxygens (including phenoxy) is 1. The molecule has 2 heterocycles. The minimum atomic E-state index is -0.483. The highest BCUT2D eigenvalue weighted by Crippen LogP contribution is 2.08. The van der Waals surface area contributed by atoms with Crippen molar-refractivity contribution in [2.24, 2.45) is 12.8 Å². The van der Waals surface area contributed by atoms with Gasteiger partial charge in [-0.05, 0) is 6.07 Å². The summed E-state index contributed by atoms with van der Waals surface area (Å²) in [5.41, 5.74) is 6.50. The van der Waals surface area contributed by atoms with E-state index in [9.17, 15) is 4.79 Å². The highest BCUT2D eigenvalue weighted by Gasteiger charge is 2.15. The maximum atomic E-state index is 11.0. The molecule has 2 rings (SSSR count). The number of aromatic nitrogens is 2. The van der Waals surface area contributed by atoms with E-state index in [2.05, 4.69) is 10.00 Å². The van der Waals surface area contributed by atoms with E-state index in [0.29, 0.717) is 5.69 Å². The Morgan fingerprint density at radius 2 is 2.25 bits per heavy atom. The fourth-order valence-corrected chi connectivity index (χ4v) is 1.76. The Morgan fingerprint density at radius 1 is 1.56 bits per heavy atom. The summed E-state index contributed by atoms with van der Waals surface area (Å²) in [5, 5.41) is 4.06. The number of nitrogens with zero attached hydrogens (tertiary/aromatic N) is 3. The van der Waals surface area contributed by atoms with Gasteiger partial charge in [0.15, 0.2) is 0 Å². The largest absolute Gasteiger partial charge is 0.379 e. The third kappa shape index (κ3) is 2.40. The van der Waals surface area contributed by atoms with Crippen LogP contribution in [0.15, 0.2) is 6.07 Å². The van der Waals surface area contributed by atoms with Gasteiger partial charge in [-0.25, -0.2) is 0 Å². The van der Waals surface area contributed by atoms with Crippen molar-refractivity contribution >= 4 is 5.91 Å². The molecule has 88 valence electrons. The van der Waals surface area contributed by atoms with Crippen molar-refractivity contribution in [3.8, 4) is 0 Å².